The van der Waals surface area contributed by atoms with Gasteiger partial charge in [-0.05, 0) is 18.4 Å². The summed E-state index contributed by atoms with van der Waals surface area (Å²) in [4.78, 5) is 21.9. The maximum absolute atomic E-state index is 11.2. The van der Waals surface area contributed by atoms with Crippen LogP contribution in [0.1, 0.15) is 12.0 Å². The SMILES string of the molecule is NC(=O)C(Cc1ccccc1)CC(N)C(=O)O. The molecule has 92 valence electrons. The Morgan fingerprint density at radius 3 is 2.29 bits per heavy atom. The first-order valence-corrected chi connectivity index (χ1v) is 5.32. The molecule has 0 aromatic heterocycles. The highest BCUT2D eigenvalue weighted by Gasteiger charge is 2.23. The quantitative estimate of drug-likeness (QED) is 0.652. The average Bonchev–Trinajstić information content (AvgIpc) is 2.29. The number of hydrogen-bond donors (Lipinski definition) is 3. The Morgan fingerprint density at radius 1 is 1.24 bits per heavy atom. The Morgan fingerprint density at radius 2 is 1.82 bits per heavy atom. The summed E-state index contributed by atoms with van der Waals surface area (Å²) in [5.41, 5.74) is 11.6. The maximum Gasteiger partial charge on any atom is 0.320 e. The van der Waals surface area contributed by atoms with Gasteiger partial charge in [0.2, 0.25) is 5.91 Å². The van der Waals surface area contributed by atoms with E-state index in [1.807, 2.05) is 30.3 Å². The number of carboxylic acid groups (broad SMARTS) is 1. The number of aliphatic carboxylic acids is 1. The van der Waals surface area contributed by atoms with Crippen LogP contribution < -0.4 is 11.5 Å². The van der Waals surface area contributed by atoms with Crippen LogP contribution in [0.3, 0.4) is 0 Å². The van der Waals surface area contributed by atoms with Crippen LogP contribution in [0, 0.1) is 5.92 Å². The Hall–Kier alpha value is -1.88. The first-order valence-electron chi connectivity index (χ1n) is 5.32. The summed E-state index contributed by atoms with van der Waals surface area (Å²) < 4.78 is 0. The monoisotopic (exact) mass is 236 g/mol. The molecule has 0 spiro atoms. The van der Waals surface area contributed by atoms with Crippen LogP contribution in [0.5, 0.6) is 0 Å². The lowest BCUT2D eigenvalue weighted by Gasteiger charge is -2.15. The van der Waals surface area contributed by atoms with E-state index < -0.39 is 23.8 Å². The molecule has 2 atom stereocenters. The first-order chi connectivity index (χ1) is 8.00. The molecule has 5 heteroatoms. The zero-order chi connectivity index (χ0) is 12.8. The van der Waals surface area contributed by atoms with Gasteiger partial charge in [0.05, 0.1) is 0 Å². The van der Waals surface area contributed by atoms with E-state index in [0.717, 1.165) is 5.56 Å². The molecular formula is C12H16N2O3. The Bertz CT molecular complexity index is 392. The second kappa shape index (κ2) is 6.00. The number of carboxylic acids is 1. The molecule has 1 rings (SSSR count). The molecule has 1 aromatic rings. The minimum absolute atomic E-state index is 0.0551. The fourth-order valence-corrected chi connectivity index (χ4v) is 1.61. The van der Waals surface area contributed by atoms with Crippen molar-refractivity contribution in [3.8, 4) is 0 Å². The predicted molar refractivity (Wildman–Crippen MR) is 63.1 cm³/mol. The summed E-state index contributed by atoms with van der Waals surface area (Å²) >= 11 is 0. The van der Waals surface area contributed by atoms with Gasteiger partial charge in [0.15, 0.2) is 0 Å². The summed E-state index contributed by atoms with van der Waals surface area (Å²) in [5.74, 6) is -2.20. The number of amides is 1. The van der Waals surface area contributed by atoms with E-state index in [4.69, 9.17) is 16.6 Å². The van der Waals surface area contributed by atoms with Crippen LogP contribution in [-0.2, 0) is 16.0 Å². The van der Waals surface area contributed by atoms with Gasteiger partial charge in [-0.25, -0.2) is 0 Å². The van der Waals surface area contributed by atoms with Crippen molar-refractivity contribution in [2.45, 2.75) is 18.9 Å². The second-order valence-corrected chi connectivity index (χ2v) is 3.97. The van der Waals surface area contributed by atoms with Gasteiger partial charge in [-0.3, -0.25) is 9.59 Å². The lowest BCUT2D eigenvalue weighted by atomic mass is 9.92. The van der Waals surface area contributed by atoms with Gasteiger partial charge in [-0.15, -0.1) is 0 Å². The molecule has 0 aliphatic rings. The smallest absolute Gasteiger partial charge is 0.320 e. The van der Waals surface area contributed by atoms with Gasteiger partial charge in [0.1, 0.15) is 6.04 Å². The zero-order valence-corrected chi connectivity index (χ0v) is 9.37. The molecule has 1 aromatic carbocycles. The van der Waals surface area contributed by atoms with Gasteiger partial charge in [0, 0.05) is 5.92 Å². The fourth-order valence-electron chi connectivity index (χ4n) is 1.61. The summed E-state index contributed by atoms with van der Waals surface area (Å²) in [6, 6.07) is 8.24. The van der Waals surface area contributed by atoms with Gasteiger partial charge in [0.25, 0.3) is 0 Å². The molecule has 0 aliphatic heterocycles. The normalized spacial score (nSPS) is 13.9. The van der Waals surface area contributed by atoms with Crippen LogP contribution in [0.4, 0.5) is 0 Å². The fraction of sp³-hybridized carbons (Fsp3) is 0.333. The minimum Gasteiger partial charge on any atom is -0.480 e. The molecule has 0 saturated carbocycles. The number of hydrogen-bond acceptors (Lipinski definition) is 3. The maximum atomic E-state index is 11.2. The highest BCUT2D eigenvalue weighted by atomic mass is 16.4. The van der Waals surface area contributed by atoms with E-state index in [9.17, 15) is 9.59 Å². The van der Waals surface area contributed by atoms with Crippen molar-refractivity contribution < 1.29 is 14.7 Å². The molecule has 0 aliphatic carbocycles. The molecular weight excluding hydrogens is 220 g/mol. The van der Waals surface area contributed by atoms with Crippen molar-refractivity contribution in [2.75, 3.05) is 0 Å². The van der Waals surface area contributed by atoms with E-state index in [0.29, 0.717) is 6.42 Å². The number of carbonyl (C=O) groups excluding carboxylic acids is 1. The molecule has 1 amide bonds. The second-order valence-electron chi connectivity index (χ2n) is 3.97. The summed E-state index contributed by atoms with van der Waals surface area (Å²) in [6.45, 7) is 0. The minimum atomic E-state index is -1.12. The molecule has 17 heavy (non-hydrogen) atoms. The largest absolute Gasteiger partial charge is 0.480 e. The van der Waals surface area contributed by atoms with E-state index in [1.54, 1.807) is 0 Å². The van der Waals surface area contributed by atoms with Crippen molar-refractivity contribution in [3.63, 3.8) is 0 Å². The van der Waals surface area contributed by atoms with Crippen molar-refractivity contribution in [1.82, 2.24) is 0 Å². The van der Waals surface area contributed by atoms with Crippen molar-refractivity contribution in [2.24, 2.45) is 17.4 Å². The standard InChI is InChI=1S/C12H16N2O3/c13-10(12(16)17)7-9(11(14)15)6-8-4-2-1-3-5-8/h1-5,9-10H,6-7,13H2,(H2,14,15)(H,16,17). The molecule has 0 radical (unpaired) electrons. The number of carbonyl (C=O) groups is 2. The highest BCUT2D eigenvalue weighted by Crippen LogP contribution is 2.13. The molecule has 5 N–H and O–H groups in total. The Kier molecular flexibility index (Phi) is 4.66. The summed E-state index contributed by atoms with van der Waals surface area (Å²) in [5, 5.41) is 8.70. The number of primary amides is 1. The lowest BCUT2D eigenvalue weighted by Crippen LogP contribution is -2.37. The van der Waals surface area contributed by atoms with Crippen molar-refractivity contribution in [3.05, 3.63) is 35.9 Å². The molecule has 0 heterocycles. The van der Waals surface area contributed by atoms with E-state index in [1.165, 1.54) is 0 Å². The van der Waals surface area contributed by atoms with Crippen molar-refractivity contribution >= 4 is 11.9 Å². The number of benzene rings is 1. The average molecular weight is 236 g/mol. The van der Waals surface area contributed by atoms with Gasteiger partial charge in [-0.2, -0.15) is 0 Å². The van der Waals surface area contributed by atoms with Crippen LogP contribution in [-0.4, -0.2) is 23.0 Å². The molecule has 0 bridgehead atoms. The Balaban J connectivity index is 2.67. The van der Waals surface area contributed by atoms with Crippen LogP contribution in [0.15, 0.2) is 30.3 Å². The van der Waals surface area contributed by atoms with Crippen LogP contribution in [0.2, 0.25) is 0 Å². The van der Waals surface area contributed by atoms with Crippen LogP contribution in [0.25, 0.3) is 0 Å². The third kappa shape index (κ3) is 4.24. The molecule has 2 unspecified atom stereocenters. The van der Waals surface area contributed by atoms with E-state index in [2.05, 4.69) is 0 Å². The zero-order valence-electron chi connectivity index (χ0n) is 9.37. The third-order valence-corrected chi connectivity index (χ3v) is 2.58. The highest BCUT2D eigenvalue weighted by molar-refractivity contribution is 5.79. The number of nitrogens with two attached hydrogens (primary N) is 2. The van der Waals surface area contributed by atoms with Crippen molar-refractivity contribution in [1.29, 1.82) is 0 Å². The first kappa shape index (κ1) is 13.2. The third-order valence-electron chi connectivity index (χ3n) is 2.58. The summed E-state index contributed by atoms with van der Waals surface area (Å²) in [6.07, 6.45) is 0.469. The lowest BCUT2D eigenvalue weighted by molar-refractivity contribution is -0.139. The van der Waals surface area contributed by atoms with Gasteiger partial charge >= 0.3 is 5.97 Å². The van der Waals surface area contributed by atoms with E-state index >= 15 is 0 Å². The Labute approximate surface area is 99.4 Å². The number of rotatable bonds is 6. The topological polar surface area (TPSA) is 106 Å². The van der Waals surface area contributed by atoms with Gasteiger partial charge < -0.3 is 16.6 Å². The van der Waals surface area contributed by atoms with Crippen LogP contribution >= 0.6 is 0 Å². The van der Waals surface area contributed by atoms with Gasteiger partial charge in [-0.1, -0.05) is 30.3 Å². The molecule has 5 nitrogen and oxygen atoms in total. The summed E-state index contributed by atoms with van der Waals surface area (Å²) in [7, 11) is 0. The molecule has 0 saturated heterocycles. The van der Waals surface area contributed by atoms with E-state index in [-0.39, 0.29) is 6.42 Å². The predicted octanol–water partition coefficient (Wildman–Crippen LogP) is 0.133. The molecule has 0 fully saturated rings.